The maximum Gasteiger partial charge on any atom is 0.170 e. The van der Waals surface area contributed by atoms with Gasteiger partial charge in [0.2, 0.25) is 0 Å². The zero-order chi connectivity index (χ0) is 16.2. The largest absolute Gasteiger partial charge is 0.488 e. The van der Waals surface area contributed by atoms with Gasteiger partial charge in [0.05, 0.1) is 5.56 Å². The lowest BCUT2D eigenvalue weighted by atomic mass is 10.1. The molecule has 0 aromatic heterocycles. The number of Topliss-reactive ketones (excluding diaryl/α,β-unsaturated/α-hetero) is 1. The van der Waals surface area contributed by atoms with Crippen molar-refractivity contribution in [1.29, 1.82) is 0 Å². The molecule has 118 valence electrons. The molecule has 6 heteroatoms. The summed E-state index contributed by atoms with van der Waals surface area (Å²) in [5.74, 6) is 1.20. The molecule has 2 aromatic carbocycles. The van der Waals surface area contributed by atoms with Crippen LogP contribution in [0.2, 0.25) is 0 Å². The third kappa shape index (κ3) is 3.49. The molecule has 0 radical (unpaired) electrons. The number of hydrogen-bond acceptors (Lipinski definition) is 6. The van der Waals surface area contributed by atoms with Crippen LogP contribution in [0.25, 0.3) is 0 Å². The van der Waals surface area contributed by atoms with Crippen LogP contribution in [-0.4, -0.2) is 23.8 Å². The number of nitrogens with zero attached hydrogens (tertiary/aromatic N) is 2. The van der Waals surface area contributed by atoms with Gasteiger partial charge in [-0.25, -0.2) is 5.53 Å². The van der Waals surface area contributed by atoms with E-state index in [1.54, 1.807) is 11.2 Å². The maximum atomic E-state index is 11.8. The van der Waals surface area contributed by atoms with E-state index in [-0.39, 0.29) is 5.78 Å². The van der Waals surface area contributed by atoms with E-state index < -0.39 is 0 Å². The van der Waals surface area contributed by atoms with Gasteiger partial charge in [-0.05, 0) is 24.6 Å². The van der Waals surface area contributed by atoms with Crippen molar-refractivity contribution in [3.05, 3.63) is 65.2 Å². The number of hydrogen-bond donors (Lipinski definition) is 2. The second-order valence-electron chi connectivity index (χ2n) is 5.27. The molecule has 0 bridgehead atoms. The first-order valence-corrected chi connectivity index (χ1v) is 7.29. The van der Waals surface area contributed by atoms with Crippen molar-refractivity contribution < 1.29 is 9.53 Å². The summed E-state index contributed by atoms with van der Waals surface area (Å²) in [5, 5.41) is 5.80. The number of amidine groups is 1. The van der Waals surface area contributed by atoms with E-state index in [1.165, 1.54) is 6.92 Å². The molecule has 6 nitrogen and oxygen atoms in total. The van der Waals surface area contributed by atoms with Gasteiger partial charge < -0.3 is 4.74 Å². The highest BCUT2D eigenvalue weighted by atomic mass is 16.5. The zero-order valence-corrected chi connectivity index (χ0v) is 13.0. The molecule has 0 saturated carbocycles. The summed E-state index contributed by atoms with van der Waals surface area (Å²) in [4.78, 5) is 11.8. The quantitative estimate of drug-likeness (QED) is 0.828. The molecule has 0 aliphatic carbocycles. The van der Waals surface area contributed by atoms with Crippen LogP contribution in [0.4, 0.5) is 0 Å². The molecule has 23 heavy (non-hydrogen) atoms. The van der Waals surface area contributed by atoms with Crippen molar-refractivity contribution in [2.24, 2.45) is 5.10 Å². The smallest absolute Gasteiger partial charge is 0.170 e. The molecule has 3 rings (SSSR count). The summed E-state index contributed by atoms with van der Waals surface area (Å²) in [7, 11) is 1.81. The molecule has 1 heterocycles. The normalized spacial score (nSPS) is 13.9. The molecular weight excluding hydrogens is 292 g/mol. The van der Waals surface area contributed by atoms with Gasteiger partial charge in [-0.3, -0.25) is 10.2 Å². The first-order chi connectivity index (χ1) is 11.1. The van der Waals surface area contributed by atoms with E-state index in [0.717, 1.165) is 11.1 Å². The Bertz CT molecular complexity index is 744. The van der Waals surface area contributed by atoms with Crippen LogP contribution in [0.1, 0.15) is 28.4 Å². The fourth-order valence-corrected chi connectivity index (χ4v) is 2.28. The molecule has 0 spiro atoms. The van der Waals surface area contributed by atoms with E-state index in [2.05, 4.69) is 16.1 Å². The summed E-state index contributed by atoms with van der Waals surface area (Å²) in [6.45, 7) is 1.94. The molecule has 0 amide bonds. The third-order valence-corrected chi connectivity index (χ3v) is 3.46. The Balaban J connectivity index is 1.85. The lowest BCUT2D eigenvalue weighted by molar-refractivity contribution is 0.101. The predicted molar refractivity (Wildman–Crippen MR) is 87.8 cm³/mol. The SMILES string of the molecule is CC(=O)c1ccc(C2=NNN(C)N2)cc1OCc1ccccc1. The Kier molecular flexibility index (Phi) is 4.25. The second-order valence-corrected chi connectivity index (χ2v) is 5.27. The summed E-state index contributed by atoms with van der Waals surface area (Å²) >= 11 is 0. The van der Waals surface area contributed by atoms with Crippen molar-refractivity contribution in [3.8, 4) is 5.75 Å². The van der Waals surface area contributed by atoms with Gasteiger partial charge >= 0.3 is 0 Å². The number of benzene rings is 2. The van der Waals surface area contributed by atoms with Gasteiger partial charge in [0.1, 0.15) is 12.4 Å². The highest BCUT2D eigenvalue weighted by molar-refractivity contribution is 6.02. The first-order valence-electron chi connectivity index (χ1n) is 7.29. The zero-order valence-electron chi connectivity index (χ0n) is 13.0. The number of ether oxygens (including phenoxy) is 1. The van der Waals surface area contributed by atoms with Gasteiger partial charge in [-0.15, -0.1) is 10.2 Å². The number of hydrazine groups is 2. The fourth-order valence-electron chi connectivity index (χ4n) is 2.28. The third-order valence-electron chi connectivity index (χ3n) is 3.46. The standard InChI is InChI=1S/C17H18N4O2/c1-12(22)15-9-8-14(17-18-20-21(2)19-17)10-16(15)23-11-13-6-4-3-5-7-13/h3-10,20H,11H2,1-2H3,(H,18,19). The van der Waals surface area contributed by atoms with E-state index >= 15 is 0 Å². The summed E-state index contributed by atoms with van der Waals surface area (Å²) < 4.78 is 5.87. The minimum atomic E-state index is -0.0313. The molecule has 1 aliphatic heterocycles. The molecule has 0 atom stereocenters. The molecule has 2 aromatic rings. The van der Waals surface area contributed by atoms with Crippen LogP contribution in [0.15, 0.2) is 53.6 Å². The van der Waals surface area contributed by atoms with Crippen LogP contribution < -0.4 is 15.7 Å². The van der Waals surface area contributed by atoms with Gasteiger partial charge in [0, 0.05) is 12.6 Å². The van der Waals surface area contributed by atoms with Gasteiger partial charge in [-0.1, -0.05) is 36.4 Å². The molecule has 0 saturated heterocycles. The average molecular weight is 310 g/mol. The van der Waals surface area contributed by atoms with E-state index in [1.807, 2.05) is 49.5 Å². The minimum absolute atomic E-state index is 0.0313. The second kappa shape index (κ2) is 6.50. The number of carbonyl (C=O) groups excluding carboxylic acids is 1. The van der Waals surface area contributed by atoms with Crippen molar-refractivity contribution in [2.45, 2.75) is 13.5 Å². The molecule has 2 N–H and O–H groups in total. The summed E-state index contributed by atoms with van der Waals surface area (Å²) in [6, 6.07) is 15.3. The molecule has 0 fully saturated rings. The highest BCUT2D eigenvalue weighted by Crippen LogP contribution is 2.23. The number of hydrazone groups is 1. The molecule has 1 aliphatic rings. The Hall–Kier alpha value is -2.86. The molecule has 0 unspecified atom stereocenters. The van der Waals surface area contributed by atoms with Crippen molar-refractivity contribution in [2.75, 3.05) is 7.05 Å². The van der Waals surface area contributed by atoms with Crippen molar-refractivity contribution in [1.82, 2.24) is 16.1 Å². The first kappa shape index (κ1) is 15.1. The minimum Gasteiger partial charge on any atom is -0.488 e. The number of rotatable bonds is 5. The Labute approximate surface area is 134 Å². The average Bonchev–Trinajstić information content (AvgIpc) is 3.00. The predicted octanol–water partition coefficient (Wildman–Crippen LogP) is 2.08. The monoisotopic (exact) mass is 310 g/mol. The highest BCUT2D eigenvalue weighted by Gasteiger charge is 2.16. The van der Waals surface area contributed by atoms with E-state index in [9.17, 15) is 4.79 Å². The van der Waals surface area contributed by atoms with Crippen LogP contribution in [0.3, 0.4) is 0 Å². The Morgan fingerprint density at radius 2 is 2.00 bits per heavy atom. The topological polar surface area (TPSA) is 66.0 Å². The summed E-state index contributed by atoms with van der Waals surface area (Å²) in [5.41, 5.74) is 8.29. The number of ketones is 1. The Morgan fingerprint density at radius 1 is 1.22 bits per heavy atom. The van der Waals surface area contributed by atoms with E-state index in [0.29, 0.717) is 23.8 Å². The van der Waals surface area contributed by atoms with Gasteiger partial charge in [0.25, 0.3) is 0 Å². The van der Waals surface area contributed by atoms with Crippen LogP contribution in [0, 0.1) is 0 Å². The number of nitrogens with one attached hydrogen (secondary N) is 2. The van der Waals surface area contributed by atoms with Gasteiger partial charge in [-0.2, -0.15) is 0 Å². The van der Waals surface area contributed by atoms with Crippen LogP contribution in [0.5, 0.6) is 5.75 Å². The molecular formula is C17H18N4O2. The fraction of sp³-hybridized carbons (Fsp3) is 0.176. The van der Waals surface area contributed by atoms with Crippen molar-refractivity contribution in [3.63, 3.8) is 0 Å². The van der Waals surface area contributed by atoms with Gasteiger partial charge in [0.15, 0.2) is 11.6 Å². The van der Waals surface area contributed by atoms with Crippen LogP contribution in [-0.2, 0) is 6.61 Å². The lowest BCUT2D eigenvalue weighted by Crippen LogP contribution is -2.37. The number of carbonyl (C=O) groups is 1. The lowest BCUT2D eigenvalue weighted by Gasteiger charge is -2.13. The maximum absolute atomic E-state index is 11.8. The summed E-state index contributed by atoms with van der Waals surface area (Å²) in [6.07, 6.45) is 0. The van der Waals surface area contributed by atoms with Crippen LogP contribution >= 0.6 is 0 Å². The van der Waals surface area contributed by atoms with Crippen molar-refractivity contribution >= 4 is 11.6 Å². The Morgan fingerprint density at radius 3 is 2.65 bits per heavy atom. The van der Waals surface area contributed by atoms with E-state index in [4.69, 9.17) is 4.74 Å².